The van der Waals surface area contributed by atoms with Crippen LogP contribution in [0.25, 0.3) is 0 Å². The fourth-order valence-corrected chi connectivity index (χ4v) is 3.14. The molecule has 0 amide bonds. The molecule has 1 rings (SSSR count). The van der Waals surface area contributed by atoms with E-state index < -0.39 is 10.3 Å². The first-order chi connectivity index (χ1) is 10.7. The second kappa shape index (κ2) is 9.38. The third-order valence-corrected chi connectivity index (χ3v) is 7.89. The lowest BCUT2D eigenvalue weighted by molar-refractivity contribution is -0.138. The molecule has 0 aromatic rings. The third-order valence-electron chi connectivity index (χ3n) is 4.19. The standard InChI is InChI=1S/C12H28N2O2S.C5H10O2/c1-12(2,3)17(5,6)16-11-7-10(9-15-13)14(4)8-11;1-5(2,3)7-4-6/h10-11H,7-9,13H2,1-6H3;4H,1-3H3/t10-,11?;/m0./s1. The minimum absolute atomic E-state index is 0.216. The summed E-state index contributed by atoms with van der Waals surface area (Å²) >= 11 is 0. The van der Waals surface area contributed by atoms with Gasteiger partial charge in [-0.2, -0.15) is 0 Å². The highest BCUT2D eigenvalue weighted by Gasteiger charge is 2.36. The van der Waals surface area contributed by atoms with Crippen molar-refractivity contribution in [3.05, 3.63) is 0 Å². The summed E-state index contributed by atoms with van der Waals surface area (Å²) in [5.41, 5.74) is -0.318. The van der Waals surface area contributed by atoms with Crippen LogP contribution in [0, 0.1) is 0 Å². The zero-order chi connectivity index (χ0) is 19.2. The molecular weight excluding hydrogens is 328 g/mol. The number of hydrogen-bond acceptors (Lipinski definition) is 6. The summed E-state index contributed by atoms with van der Waals surface area (Å²) in [5, 5.41) is 0. The Morgan fingerprint density at radius 3 is 2.08 bits per heavy atom. The lowest BCUT2D eigenvalue weighted by Crippen LogP contribution is -2.31. The van der Waals surface area contributed by atoms with Crippen molar-refractivity contribution in [3.8, 4) is 0 Å². The van der Waals surface area contributed by atoms with Gasteiger partial charge in [0.15, 0.2) is 0 Å². The molecule has 0 radical (unpaired) electrons. The molecule has 2 N–H and O–H groups in total. The van der Waals surface area contributed by atoms with E-state index in [1.165, 1.54) is 0 Å². The molecule has 1 aliphatic heterocycles. The maximum absolute atomic E-state index is 9.60. The number of likely N-dealkylation sites (N-methyl/N-ethyl adjacent to an activating group) is 1. The van der Waals surface area contributed by atoms with Gasteiger partial charge in [-0.05, 0) is 46.8 Å². The molecule has 0 saturated carbocycles. The van der Waals surface area contributed by atoms with Gasteiger partial charge in [-0.25, -0.2) is 5.90 Å². The maximum Gasteiger partial charge on any atom is 0.293 e. The van der Waals surface area contributed by atoms with Crippen molar-refractivity contribution in [1.82, 2.24) is 4.90 Å². The van der Waals surface area contributed by atoms with Crippen LogP contribution in [0.2, 0.25) is 0 Å². The van der Waals surface area contributed by atoms with E-state index in [9.17, 15) is 4.79 Å². The molecule has 0 aliphatic carbocycles. The fraction of sp³-hybridized carbons (Fsp3) is 0.941. The van der Waals surface area contributed by atoms with Crippen molar-refractivity contribution < 1.29 is 18.6 Å². The van der Waals surface area contributed by atoms with Gasteiger partial charge in [-0.1, -0.05) is 20.8 Å². The maximum atomic E-state index is 9.60. The van der Waals surface area contributed by atoms with E-state index in [0.29, 0.717) is 25.2 Å². The second-order valence-corrected chi connectivity index (χ2v) is 12.4. The van der Waals surface area contributed by atoms with Crippen LogP contribution in [-0.4, -0.2) is 66.6 Å². The van der Waals surface area contributed by atoms with Crippen molar-refractivity contribution >= 4 is 16.8 Å². The van der Waals surface area contributed by atoms with Crippen LogP contribution in [0.5, 0.6) is 0 Å². The largest absolute Gasteiger partial charge is 0.462 e. The van der Waals surface area contributed by atoms with E-state index in [0.717, 1.165) is 13.0 Å². The molecule has 0 aromatic carbocycles. The topological polar surface area (TPSA) is 74.0 Å². The van der Waals surface area contributed by atoms with Crippen LogP contribution < -0.4 is 5.90 Å². The highest BCUT2D eigenvalue weighted by molar-refractivity contribution is 8.29. The van der Waals surface area contributed by atoms with Crippen LogP contribution in [0.4, 0.5) is 0 Å². The Hall–Kier alpha value is -0.340. The predicted octanol–water partition coefficient (Wildman–Crippen LogP) is 2.70. The van der Waals surface area contributed by atoms with Crippen LogP contribution in [0.1, 0.15) is 48.0 Å². The Morgan fingerprint density at radius 1 is 1.21 bits per heavy atom. The molecule has 0 aromatic heterocycles. The zero-order valence-corrected chi connectivity index (χ0v) is 17.7. The number of rotatable bonds is 5. The number of carbonyl (C=O) groups excluding carboxylic acids is 1. The molecule has 0 spiro atoms. The van der Waals surface area contributed by atoms with Gasteiger partial charge in [0.05, 0.1) is 12.7 Å². The summed E-state index contributed by atoms with van der Waals surface area (Å²) in [6, 6.07) is 0.389. The minimum atomic E-state index is -1.04. The third kappa shape index (κ3) is 8.67. The predicted molar refractivity (Wildman–Crippen MR) is 102 cm³/mol. The number of ether oxygens (including phenoxy) is 1. The first kappa shape index (κ1) is 23.7. The molecule has 146 valence electrons. The summed E-state index contributed by atoms with van der Waals surface area (Å²) in [6.45, 7) is 14.2. The number of hydrogen-bond donors (Lipinski definition) is 1. The Bertz CT molecular complexity index is 378. The normalized spacial score (nSPS) is 23.4. The number of carbonyl (C=O) groups is 1. The average Bonchev–Trinajstić information content (AvgIpc) is 2.67. The van der Waals surface area contributed by atoms with Crippen molar-refractivity contribution in [3.63, 3.8) is 0 Å². The molecule has 1 saturated heterocycles. The van der Waals surface area contributed by atoms with Crippen molar-refractivity contribution in [2.75, 3.05) is 32.7 Å². The number of nitrogens with two attached hydrogens (primary N) is 1. The quantitative estimate of drug-likeness (QED) is 0.596. The van der Waals surface area contributed by atoms with Crippen molar-refractivity contribution in [1.29, 1.82) is 0 Å². The summed E-state index contributed by atoms with van der Waals surface area (Å²) in [7, 11) is 1.06. The first-order valence-corrected chi connectivity index (χ1v) is 10.7. The monoisotopic (exact) mass is 366 g/mol. The van der Waals surface area contributed by atoms with E-state index in [1.807, 2.05) is 20.8 Å². The van der Waals surface area contributed by atoms with E-state index >= 15 is 0 Å². The van der Waals surface area contributed by atoms with Gasteiger partial charge in [-0.15, -0.1) is 10.3 Å². The van der Waals surface area contributed by atoms with E-state index in [4.69, 9.17) is 14.9 Å². The van der Waals surface area contributed by atoms with Crippen molar-refractivity contribution in [2.45, 2.75) is 70.5 Å². The summed E-state index contributed by atoms with van der Waals surface area (Å²) in [4.78, 5) is 16.6. The molecule has 24 heavy (non-hydrogen) atoms. The van der Waals surface area contributed by atoms with Crippen LogP contribution in [0.15, 0.2) is 0 Å². The SMILES string of the molecule is CC(C)(C)OC=O.CN1CC(OS(C)(C)C(C)(C)C)C[C@H]1CON. The number of nitrogens with zero attached hydrogens (tertiary/aromatic N) is 1. The lowest BCUT2D eigenvalue weighted by atomic mass is 10.2. The molecule has 1 aliphatic rings. The Labute approximate surface area is 149 Å². The van der Waals surface area contributed by atoms with E-state index in [2.05, 4.69) is 50.0 Å². The molecular formula is C17H38N2O4S. The summed E-state index contributed by atoms with van der Waals surface area (Å²) in [5.74, 6) is 5.15. The molecule has 7 heteroatoms. The van der Waals surface area contributed by atoms with Gasteiger partial charge in [0.1, 0.15) is 5.60 Å². The highest BCUT2D eigenvalue weighted by atomic mass is 32.3. The first-order valence-electron chi connectivity index (χ1n) is 8.28. The van der Waals surface area contributed by atoms with Gasteiger partial charge in [-0.3, -0.25) is 9.69 Å². The molecule has 1 fully saturated rings. The van der Waals surface area contributed by atoms with Crippen molar-refractivity contribution in [2.24, 2.45) is 5.90 Å². The van der Waals surface area contributed by atoms with Crippen LogP contribution >= 0.6 is 10.3 Å². The van der Waals surface area contributed by atoms with E-state index in [-0.39, 0.29) is 10.3 Å². The van der Waals surface area contributed by atoms with Crippen LogP contribution in [0.3, 0.4) is 0 Å². The highest BCUT2D eigenvalue weighted by Crippen LogP contribution is 2.55. The molecule has 1 unspecified atom stereocenters. The van der Waals surface area contributed by atoms with E-state index in [1.54, 1.807) is 0 Å². The van der Waals surface area contributed by atoms with Gasteiger partial charge in [0.25, 0.3) is 6.47 Å². The second-order valence-electron chi connectivity index (χ2n) is 8.55. The Kier molecular flexibility index (Phi) is 9.25. The molecule has 6 nitrogen and oxygen atoms in total. The zero-order valence-electron chi connectivity index (χ0n) is 16.9. The van der Waals surface area contributed by atoms with Gasteiger partial charge < -0.3 is 13.8 Å². The lowest BCUT2D eigenvalue weighted by Gasteiger charge is -2.45. The summed E-state index contributed by atoms with van der Waals surface area (Å²) < 4.78 is 11.1. The molecule has 0 bridgehead atoms. The average molecular weight is 367 g/mol. The molecule has 1 heterocycles. The van der Waals surface area contributed by atoms with Crippen LogP contribution in [-0.2, 0) is 18.6 Å². The van der Waals surface area contributed by atoms with Gasteiger partial charge >= 0.3 is 0 Å². The Balaban J connectivity index is 0.000000640. The molecule has 2 atom stereocenters. The minimum Gasteiger partial charge on any atom is -0.462 e. The van der Waals surface area contributed by atoms with Gasteiger partial charge in [0.2, 0.25) is 0 Å². The fourth-order valence-electron chi connectivity index (χ4n) is 2.03. The Morgan fingerprint density at radius 2 is 1.75 bits per heavy atom. The smallest absolute Gasteiger partial charge is 0.293 e. The number of likely N-dealkylation sites (tertiary alicyclic amines) is 1. The summed E-state index contributed by atoms with van der Waals surface area (Å²) in [6.07, 6.45) is 5.82. The van der Waals surface area contributed by atoms with Gasteiger partial charge in [0, 0.05) is 17.3 Å².